The molecule has 1 fully saturated rings. The van der Waals surface area contributed by atoms with Gasteiger partial charge in [-0.2, -0.15) is 0 Å². The van der Waals surface area contributed by atoms with Gasteiger partial charge in [-0.3, -0.25) is 4.79 Å². The summed E-state index contributed by atoms with van der Waals surface area (Å²) < 4.78 is 0. The lowest BCUT2D eigenvalue weighted by atomic mass is 10.1. The molecule has 1 heterocycles. The van der Waals surface area contributed by atoms with Crippen molar-refractivity contribution in [2.45, 2.75) is 32.1 Å². The second-order valence-corrected chi connectivity index (χ2v) is 6.39. The number of nitrogens with one attached hydrogen (secondary N) is 1. The first-order valence-electron chi connectivity index (χ1n) is 7.21. The lowest BCUT2D eigenvalue weighted by molar-refractivity contribution is 0.0698. The highest BCUT2D eigenvalue weighted by Gasteiger charge is 2.27. The summed E-state index contributed by atoms with van der Waals surface area (Å²) in [5.41, 5.74) is 1.40. The number of anilines is 1. The average molecular weight is 316 g/mol. The Morgan fingerprint density at radius 1 is 1.41 bits per heavy atom. The molecule has 5 nitrogen and oxygen atoms in total. The van der Waals surface area contributed by atoms with Crippen molar-refractivity contribution in [1.29, 1.82) is 0 Å². The number of nitrogens with zero attached hydrogens (tertiary/aromatic N) is 1. The Morgan fingerprint density at radius 2 is 2.18 bits per heavy atom. The summed E-state index contributed by atoms with van der Waals surface area (Å²) in [5.74, 6) is -0.856. The fourth-order valence-corrected chi connectivity index (χ4v) is 3.18. The lowest BCUT2D eigenvalue weighted by Crippen LogP contribution is -2.14. The van der Waals surface area contributed by atoms with Gasteiger partial charge in [-0.1, -0.05) is 13.0 Å². The average Bonchev–Trinajstić information content (AvgIpc) is 3.24. The van der Waals surface area contributed by atoms with Crippen LogP contribution in [0, 0.1) is 0 Å². The van der Waals surface area contributed by atoms with Gasteiger partial charge in [0.15, 0.2) is 0 Å². The maximum Gasteiger partial charge on any atom is 0.337 e. The number of benzene rings is 1. The lowest BCUT2D eigenvalue weighted by Gasteiger charge is -2.09. The number of thiazole rings is 1. The number of aromatic nitrogens is 1. The number of aromatic carboxylic acids is 1. The van der Waals surface area contributed by atoms with E-state index in [2.05, 4.69) is 10.3 Å². The molecule has 0 aliphatic heterocycles. The molecule has 1 aliphatic rings. The number of hydrogen-bond acceptors (Lipinski definition) is 4. The van der Waals surface area contributed by atoms with E-state index in [0.29, 0.717) is 16.5 Å². The number of rotatable bonds is 5. The molecule has 1 aromatic heterocycles. The fourth-order valence-electron chi connectivity index (χ4n) is 2.20. The molecule has 2 N–H and O–H groups in total. The molecule has 3 rings (SSSR count). The Labute approximate surface area is 132 Å². The molecular formula is C16H16N2O3S. The number of carbonyl (C=O) groups excluding carboxylic acids is 1. The van der Waals surface area contributed by atoms with Gasteiger partial charge in [-0.15, -0.1) is 11.3 Å². The summed E-state index contributed by atoms with van der Waals surface area (Å²) in [6.45, 7) is 1.98. The van der Waals surface area contributed by atoms with Crippen molar-refractivity contribution in [2.24, 2.45) is 0 Å². The molecule has 1 aliphatic carbocycles. The third kappa shape index (κ3) is 3.01. The van der Waals surface area contributed by atoms with E-state index in [1.54, 1.807) is 18.3 Å². The molecule has 1 aromatic carbocycles. The van der Waals surface area contributed by atoms with Crippen LogP contribution in [-0.2, 0) is 6.42 Å². The quantitative estimate of drug-likeness (QED) is 0.884. The molecule has 0 atom stereocenters. The summed E-state index contributed by atoms with van der Waals surface area (Å²) in [6.07, 6.45) is 4.61. The summed E-state index contributed by atoms with van der Waals surface area (Å²) in [7, 11) is 0. The van der Waals surface area contributed by atoms with Gasteiger partial charge in [0.1, 0.15) is 4.88 Å². The number of hydrogen-bond donors (Lipinski definition) is 2. The van der Waals surface area contributed by atoms with Crippen LogP contribution < -0.4 is 5.32 Å². The summed E-state index contributed by atoms with van der Waals surface area (Å²) >= 11 is 1.38. The zero-order chi connectivity index (χ0) is 15.7. The Balaban J connectivity index is 1.83. The SMILES string of the molecule is CCc1ccc(C(=O)O)c(NC(=O)c2cnc(C3CC3)s2)c1. The number of carboxylic acid groups (broad SMARTS) is 1. The van der Waals surface area contributed by atoms with Crippen molar-refractivity contribution in [3.05, 3.63) is 45.4 Å². The van der Waals surface area contributed by atoms with Crippen molar-refractivity contribution in [1.82, 2.24) is 4.98 Å². The van der Waals surface area contributed by atoms with Gasteiger partial charge in [-0.25, -0.2) is 9.78 Å². The van der Waals surface area contributed by atoms with Gasteiger partial charge < -0.3 is 10.4 Å². The second-order valence-electron chi connectivity index (χ2n) is 5.33. The topological polar surface area (TPSA) is 79.3 Å². The van der Waals surface area contributed by atoms with Crippen LogP contribution in [0.4, 0.5) is 5.69 Å². The van der Waals surface area contributed by atoms with E-state index >= 15 is 0 Å². The van der Waals surface area contributed by atoms with Crippen LogP contribution in [0.5, 0.6) is 0 Å². The Kier molecular flexibility index (Phi) is 3.94. The van der Waals surface area contributed by atoms with E-state index in [1.165, 1.54) is 17.4 Å². The first-order chi connectivity index (χ1) is 10.6. The Hall–Kier alpha value is -2.21. The highest BCUT2D eigenvalue weighted by atomic mass is 32.1. The molecule has 2 aromatic rings. The monoisotopic (exact) mass is 316 g/mol. The van der Waals surface area contributed by atoms with E-state index < -0.39 is 5.97 Å². The van der Waals surface area contributed by atoms with Crippen LogP contribution in [0.25, 0.3) is 0 Å². The Bertz CT molecular complexity index is 735. The highest BCUT2D eigenvalue weighted by Crippen LogP contribution is 2.41. The smallest absolute Gasteiger partial charge is 0.337 e. The van der Waals surface area contributed by atoms with Crippen LogP contribution in [0.15, 0.2) is 24.4 Å². The molecule has 6 heteroatoms. The third-order valence-electron chi connectivity index (χ3n) is 3.64. The number of carbonyl (C=O) groups is 2. The molecule has 114 valence electrons. The van der Waals surface area contributed by atoms with Gasteiger partial charge in [0.2, 0.25) is 0 Å². The minimum absolute atomic E-state index is 0.0949. The molecular weight excluding hydrogens is 300 g/mol. The van der Waals surface area contributed by atoms with E-state index in [-0.39, 0.29) is 11.5 Å². The molecule has 0 saturated heterocycles. The third-order valence-corrected chi connectivity index (χ3v) is 4.80. The largest absolute Gasteiger partial charge is 0.478 e. The second kappa shape index (κ2) is 5.88. The van der Waals surface area contributed by atoms with Gasteiger partial charge in [0.25, 0.3) is 5.91 Å². The van der Waals surface area contributed by atoms with Crippen LogP contribution in [0.3, 0.4) is 0 Å². The normalized spacial score (nSPS) is 13.9. The van der Waals surface area contributed by atoms with Crippen molar-refractivity contribution >= 4 is 28.9 Å². The molecule has 1 saturated carbocycles. The molecule has 0 radical (unpaired) electrons. The molecule has 0 bridgehead atoms. The van der Waals surface area contributed by atoms with Gasteiger partial charge in [0.05, 0.1) is 22.5 Å². The first-order valence-corrected chi connectivity index (χ1v) is 8.03. The molecule has 0 unspecified atom stereocenters. The van der Waals surface area contributed by atoms with Gasteiger partial charge >= 0.3 is 5.97 Å². The maximum absolute atomic E-state index is 12.3. The number of carboxylic acids is 1. The van der Waals surface area contributed by atoms with Gasteiger partial charge in [0, 0.05) is 5.92 Å². The summed E-state index contributed by atoms with van der Waals surface area (Å²) in [4.78, 5) is 28.4. The molecule has 1 amide bonds. The number of amides is 1. The zero-order valence-electron chi connectivity index (χ0n) is 12.1. The minimum atomic E-state index is -1.05. The fraction of sp³-hybridized carbons (Fsp3) is 0.312. The van der Waals surface area contributed by atoms with Crippen LogP contribution >= 0.6 is 11.3 Å². The predicted molar refractivity (Wildman–Crippen MR) is 84.8 cm³/mol. The zero-order valence-corrected chi connectivity index (χ0v) is 12.9. The molecule has 22 heavy (non-hydrogen) atoms. The Morgan fingerprint density at radius 3 is 2.82 bits per heavy atom. The van der Waals surface area contributed by atoms with Crippen LogP contribution in [0.1, 0.15) is 56.3 Å². The van der Waals surface area contributed by atoms with E-state index in [4.69, 9.17) is 0 Å². The van der Waals surface area contributed by atoms with Crippen LogP contribution in [0.2, 0.25) is 0 Å². The van der Waals surface area contributed by atoms with Crippen LogP contribution in [-0.4, -0.2) is 22.0 Å². The van der Waals surface area contributed by atoms with Gasteiger partial charge in [-0.05, 0) is 37.0 Å². The van der Waals surface area contributed by atoms with Crippen molar-refractivity contribution in [2.75, 3.05) is 5.32 Å². The maximum atomic E-state index is 12.3. The number of aryl methyl sites for hydroxylation is 1. The van der Waals surface area contributed by atoms with Crippen molar-refractivity contribution < 1.29 is 14.7 Å². The van der Waals surface area contributed by atoms with E-state index in [9.17, 15) is 14.7 Å². The van der Waals surface area contributed by atoms with Crippen molar-refractivity contribution in [3.63, 3.8) is 0 Å². The van der Waals surface area contributed by atoms with E-state index in [1.807, 2.05) is 6.92 Å². The first kappa shape index (κ1) is 14.7. The summed E-state index contributed by atoms with van der Waals surface area (Å²) in [6, 6.07) is 5.00. The standard InChI is InChI=1S/C16H16N2O3S/c1-2-9-3-6-11(16(20)21)12(7-9)18-14(19)13-8-17-15(22-13)10-4-5-10/h3,6-8,10H,2,4-5H2,1H3,(H,18,19)(H,20,21). The van der Waals surface area contributed by atoms with E-state index in [0.717, 1.165) is 29.8 Å². The minimum Gasteiger partial charge on any atom is -0.478 e. The highest BCUT2D eigenvalue weighted by molar-refractivity contribution is 7.13. The summed E-state index contributed by atoms with van der Waals surface area (Å²) in [5, 5.41) is 12.9. The molecule has 0 spiro atoms. The predicted octanol–water partition coefficient (Wildman–Crippen LogP) is 3.53. The van der Waals surface area contributed by atoms with Crippen molar-refractivity contribution in [3.8, 4) is 0 Å².